The zero-order valence-electron chi connectivity index (χ0n) is 10.5. The van der Waals surface area contributed by atoms with Gasteiger partial charge in [0.1, 0.15) is 0 Å². The van der Waals surface area contributed by atoms with E-state index in [1.54, 1.807) is 11.1 Å². The van der Waals surface area contributed by atoms with Crippen molar-refractivity contribution in [2.24, 2.45) is 0 Å². The topological polar surface area (TPSA) is 12.0 Å². The quantitative estimate of drug-likeness (QED) is 0.719. The monoisotopic (exact) mass is 217 g/mol. The summed E-state index contributed by atoms with van der Waals surface area (Å²) in [6.07, 6.45) is 6.64. The van der Waals surface area contributed by atoms with Crippen molar-refractivity contribution in [1.29, 1.82) is 0 Å². The summed E-state index contributed by atoms with van der Waals surface area (Å²) in [7, 11) is 2.11. The van der Waals surface area contributed by atoms with E-state index < -0.39 is 0 Å². The lowest BCUT2D eigenvalue weighted by Crippen LogP contribution is -2.38. The number of unbranched alkanes of at least 4 members (excludes halogenated alkanes) is 2. The largest absolute Gasteiger partial charge is 0.316 e. The van der Waals surface area contributed by atoms with Crippen molar-refractivity contribution in [2.45, 2.75) is 51.0 Å². The van der Waals surface area contributed by atoms with Crippen LogP contribution in [0.3, 0.4) is 0 Å². The molecule has 0 fully saturated rings. The third-order valence-electron chi connectivity index (χ3n) is 3.87. The van der Waals surface area contributed by atoms with Crippen molar-refractivity contribution < 1.29 is 0 Å². The Labute approximate surface area is 99.3 Å². The Morgan fingerprint density at radius 1 is 1.31 bits per heavy atom. The fraction of sp³-hybridized carbons (Fsp3) is 0.600. The van der Waals surface area contributed by atoms with Crippen LogP contribution in [0.4, 0.5) is 0 Å². The molecule has 1 aliphatic carbocycles. The van der Waals surface area contributed by atoms with Gasteiger partial charge in [-0.2, -0.15) is 0 Å². The maximum atomic E-state index is 3.50. The fourth-order valence-electron chi connectivity index (χ4n) is 2.82. The Hall–Kier alpha value is -0.820. The minimum absolute atomic E-state index is 0.682. The average molecular weight is 217 g/mol. The number of nitrogens with one attached hydrogen (secondary N) is 1. The zero-order chi connectivity index (χ0) is 11.4. The van der Waals surface area contributed by atoms with Gasteiger partial charge in [-0.15, -0.1) is 0 Å². The van der Waals surface area contributed by atoms with Crippen LogP contribution in [0.2, 0.25) is 0 Å². The maximum Gasteiger partial charge on any atom is 0.0136 e. The highest BCUT2D eigenvalue weighted by Crippen LogP contribution is 2.38. The third-order valence-corrected chi connectivity index (χ3v) is 3.87. The molecule has 1 aromatic carbocycles. The van der Waals surface area contributed by atoms with Crippen molar-refractivity contribution in [2.75, 3.05) is 7.05 Å². The first-order chi connectivity index (χ1) is 7.86. The molecular formula is C15H23N. The molecule has 1 aliphatic rings. The van der Waals surface area contributed by atoms with E-state index in [0.29, 0.717) is 6.04 Å². The normalized spacial score (nSPS) is 20.0. The van der Waals surface area contributed by atoms with E-state index in [9.17, 15) is 0 Å². The van der Waals surface area contributed by atoms with Gasteiger partial charge in [0.2, 0.25) is 0 Å². The molecule has 0 saturated heterocycles. The smallest absolute Gasteiger partial charge is 0.0136 e. The number of hydrogen-bond donors (Lipinski definition) is 1. The molecule has 0 spiro atoms. The summed E-state index contributed by atoms with van der Waals surface area (Å²) in [5.41, 5.74) is 3.14. The number of hydrogen-bond acceptors (Lipinski definition) is 1. The lowest BCUT2D eigenvalue weighted by Gasteiger charge is -2.36. The van der Waals surface area contributed by atoms with Crippen molar-refractivity contribution >= 4 is 0 Å². The van der Waals surface area contributed by atoms with E-state index in [-0.39, 0.29) is 0 Å². The van der Waals surface area contributed by atoms with Gasteiger partial charge >= 0.3 is 0 Å². The molecule has 0 aromatic heterocycles. The summed E-state index contributed by atoms with van der Waals surface area (Å²) in [4.78, 5) is 0. The standard InChI is InChI=1S/C15H23N/c1-3-4-5-10-15(16-2)14-11-12-8-6-7-9-13(12)14/h6-9,14-16H,3-5,10-11H2,1-2H3. The summed E-state index contributed by atoms with van der Waals surface area (Å²) < 4.78 is 0. The Morgan fingerprint density at radius 3 is 2.81 bits per heavy atom. The molecular weight excluding hydrogens is 194 g/mol. The Balaban J connectivity index is 1.92. The van der Waals surface area contributed by atoms with E-state index in [0.717, 1.165) is 5.92 Å². The minimum Gasteiger partial charge on any atom is -0.316 e. The summed E-state index contributed by atoms with van der Waals surface area (Å²) in [5, 5.41) is 3.50. The van der Waals surface area contributed by atoms with Crippen LogP contribution < -0.4 is 5.32 Å². The Kier molecular flexibility index (Phi) is 4.00. The number of fused-ring (bicyclic) bond motifs is 1. The number of likely N-dealkylation sites (N-methyl/N-ethyl adjacent to an activating group) is 1. The SMILES string of the molecule is CCCCCC(NC)C1Cc2ccccc21. The predicted molar refractivity (Wildman–Crippen MR) is 69.9 cm³/mol. The van der Waals surface area contributed by atoms with Crippen molar-refractivity contribution in [1.82, 2.24) is 5.32 Å². The lowest BCUT2D eigenvalue weighted by atomic mass is 9.72. The molecule has 2 atom stereocenters. The van der Waals surface area contributed by atoms with Gasteiger partial charge in [0.05, 0.1) is 0 Å². The molecule has 2 rings (SSSR count). The molecule has 0 amide bonds. The fourth-order valence-corrected chi connectivity index (χ4v) is 2.82. The molecule has 2 unspecified atom stereocenters. The molecule has 1 aromatic rings. The van der Waals surface area contributed by atoms with E-state index in [4.69, 9.17) is 0 Å². The molecule has 0 radical (unpaired) electrons. The van der Waals surface area contributed by atoms with Gasteiger partial charge in [0, 0.05) is 12.0 Å². The average Bonchev–Trinajstić information content (AvgIpc) is 2.29. The highest BCUT2D eigenvalue weighted by molar-refractivity contribution is 5.41. The second kappa shape index (κ2) is 5.49. The van der Waals surface area contributed by atoms with Crippen LogP contribution in [-0.2, 0) is 6.42 Å². The van der Waals surface area contributed by atoms with Gasteiger partial charge in [0.25, 0.3) is 0 Å². The minimum atomic E-state index is 0.682. The Bertz CT molecular complexity index is 332. The van der Waals surface area contributed by atoms with Gasteiger partial charge in [-0.25, -0.2) is 0 Å². The van der Waals surface area contributed by atoms with Crippen LogP contribution in [0.1, 0.15) is 49.7 Å². The van der Waals surface area contributed by atoms with Gasteiger partial charge in [-0.3, -0.25) is 0 Å². The summed E-state index contributed by atoms with van der Waals surface area (Å²) in [6.45, 7) is 2.27. The van der Waals surface area contributed by atoms with Crippen molar-refractivity contribution in [3.63, 3.8) is 0 Å². The molecule has 0 aliphatic heterocycles. The van der Waals surface area contributed by atoms with Crippen molar-refractivity contribution in [3.05, 3.63) is 35.4 Å². The first kappa shape index (κ1) is 11.7. The van der Waals surface area contributed by atoms with Crippen LogP contribution >= 0.6 is 0 Å². The second-order valence-electron chi connectivity index (χ2n) is 4.90. The van der Waals surface area contributed by atoms with Crippen molar-refractivity contribution in [3.8, 4) is 0 Å². The van der Waals surface area contributed by atoms with E-state index in [1.165, 1.54) is 32.1 Å². The third kappa shape index (κ3) is 2.30. The molecule has 1 N–H and O–H groups in total. The number of rotatable bonds is 6. The molecule has 0 heterocycles. The zero-order valence-corrected chi connectivity index (χ0v) is 10.5. The highest BCUT2D eigenvalue weighted by Gasteiger charge is 2.31. The molecule has 0 saturated carbocycles. The molecule has 1 heteroatoms. The molecule has 1 nitrogen and oxygen atoms in total. The lowest BCUT2D eigenvalue weighted by molar-refractivity contribution is 0.389. The first-order valence-electron chi connectivity index (χ1n) is 6.62. The molecule has 88 valence electrons. The van der Waals surface area contributed by atoms with Gasteiger partial charge in [-0.05, 0) is 31.0 Å². The summed E-state index contributed by atoms with van der Waals surface area (Å²) in [5.74, 6) is 0.762. The van der Waals surface area contributed by atoms with Crippen LogP contribution in [0.5, 0.6) is 0 Å². The second-order valence-corrected chi connectivity index (χ2v) is 4.90. The van der Waals surface area contributed by atoms with Gasteiger partial charge in [0.15, 0.2) is 0 Å². The maximum absolute atomic E-state index is 3.50. The summed E-state index contributed by atoms with van der Waals surface area (Å²) >= 11 is 0. The van der Waals surface area contributed by atoms with E-state index >= 15 is 0 Å². The van der Waals surface area contributed by atoms with E-state index in [1.807, 2.05) is 0 Å². The van der Waals surface area contributed by atoms with Crippen LogP contribution in [0, 0.1) is 0 Å². The highest BCUT2D eigenvalue weighted by atomic mass is 14.9. The number of benzene rings is 1. The van der Waals surface area contributed by atoms with Crippen LogP contribution in [0.25, 0.3) is 0 Å². The van der Waals surface area contributed by atoms with Crippen LogP contribution in [0.15, 0.2) is 24.3 Å². The van der Waals surface area contributed by atoms with Crippen LogP contribution in [-0.4, -0.2) is 13.1 Å². The predicted octanol–water partition coefficient (Wildman–Crippen LogP) is 3.49. The first-order valence-corrected chi connectivity index (χ1v) is 6.62. The summed E-state index contributed by atoms with van der Waals surface area (Å²) in [6, 6.07) is 9.57. The molecule has 16 heavy (non-hydrogen) atoms. The van der Waals surface area contributed by atoms with E-state index in [2.05, 4.69) is 43.6 Å². The Morgan fingerprint density at radius 2 is 2.12 bits per heavy atom. The van der Waals surface area contributed by atoms with Gasteiger partial charge < -0.3 is 5.32 Å². The van der Waals surface area contributed by atoms with Gasteiger partial charge in [-0.1, -0.05) is 50.5 Å². The molecule has 0 bridgehead atoms.